The van der Waals surface area contributed by atoms with E-state index < -0.39 is 0 Å². The van der Waals surface area contributed by atoms with E-state index in [1.165, 1.54) is 0 Å². The van der Waals surface area contributed by atoms with Crippen LogP contribution in [0.4, 0.5) is 5.69 Å². The maximum atomic E-state index is 11.9. The predicted molar refractivity (Wildman–Crippen MR) is 86.1 cm³/mol. The first-order valence-corrected chi connectivity index (χ1v) is 7.11. The molecule has 0 spiro atoms. The fourth-order valence-corrected chi connectivity index (χ4v) is 2.03. The standard InChI is InChI=1S/C17H15ClN2O2/c1-12-2-7-15(18)16(10-12)22-11-17(21)20-14-5-3-13(4-6-14)8-9-19/h2-7,10H,8,11H2,1H3,(H,20,21). The molecule has 0 saturated heterocycles. The van der Waals surface area contributed by atoms with E-state index in [0.29, 0.717) is 22.9 Å². The van der Waals surface area contributed by atoms with Crippen LogP contribution in [0.3, 0.4) is 0 Å². The van der Waals surface area contributed by atoms with E-state index in [2.05, 4.69) is 11.4 Å². The summed E-state index contributed by atoms with van der Waals surface area (Å²) >= 11 is 6.00. The molecule has 0 aliphatic rings. The molecule has 4 nitrogen and oxygen atoms in total. The number of benzene rings is 2. The Morgan fingerprint density at radius 3 is 2.68 bits per heavy atom. The van der Waals surface area contributed by atoms with Crippen molar-refractivity contribution >= 4 is 23.2 Å². The molecule has 0 heterocycles. The van der Waals surface area contributed by atoms with Crippen molar-refractivity contribution in [1.82, 2.24) is 0 Å². The van der Waals surface area contributed by atoms with Crippen LogP contribution in [0, 0.1) is 18.3 Å². The molecule has 0 atom stereocenters. The van der Waals surface area contributed by atoms with Crippen LogP contribution in [0.5, 0.6) is 5.75 Å². The zero-order valence-electron chi connectivity index (χ0n) is 12.1. The van der Waals surface area contributed by atoms with Crippen LogP contribution in [0.1, 0.15) is 11.1 Å². The number of carbonyl (C=O) groups is 1. The van der Waals surface area contributed by atoms with Crippen LogP contribution in [0.2, 0.25) is 5.02 Å². The highest BCUT2D eigenvalue weighted by molar-refractivity contribution is 6.32. The highest BCUT2D eigenvalue weighted by atomic mass is 35.5. The topological polar surface area (TPSA) is 62.1 Å². The molecule has 5 heteroatoms. The first kappa shape index (κ1) is 15.9. The third kappa shape index (κ3) is 4.51. The van der Waals surface area contributed by atoms with Crippen LogP contribution < -0.4 is 10.1 Å². The van der Waals surface area contributed by atoms with Crippen molar-refractivity contribution in [1.29, 1.82) is 5.26 Å². The number of nitrogens with zero attached hydrogens (tertiary/aromatic N) is 1. The maximum Gasteiger partial charge on any atom is 0.262 e. The highest BCUT2D eigenvalue weighted by Crippen LogP contribution is 2.25. The maximum absolute atomic E-state index is 11.9. The van der Waals surface area contributed by atoms with Crippen molar-refractivity contribution in [2.75, 3.05) is 11.9 Å². The van der Waals surface area contributed by atoms with Crippen LogP contribution in [-0.4, -0.2) is 12.5 Å². The summed E-state index contributed by atoms with van der Waals surface area (Å²) in [7, 11) is 0. The number of nitrogens with one attached hydrogen (secondary N) is 1. The van der Waals surface area contributed by atoms with E-state index in [0.717, 1.165) is 11.1 Å². The van der Waals surface area contributed by atoms with E-state index in [4.69, 9.17) is 21.6 Å². The van der Waals surface area contributed by atoms with E-state index >= 15 is 0 Å². The van der Waals surface area contributed by atoms with Gasteiger partial charge >= 0.3 is 0 Å². The van der Waals surface area contributed by atoms with E-state index in [1.54, 1.807) is 36.4 Å². The summed E-state index contributed by atoms with van der Waals surface area (Å²) in [6.07, 6.45) is 0.350. The van der Waals surface area contributed by atoms with Gasteiger partial charge in [-0.25, -0.2) is 0 Å². The Morgan fingerprint density at radius 1 is 1.27 bits per heavy atom. The second-order valence-corrected chi connectivity index (χ2v) is 5.21. The monoisotopic (exact) mass is 314 g/mol. The molecule has 22 heavy (non-hydrogen) atoms. The number of anilines is 1. The number of halogens is 1. The molecule has 0 fully saturated rings. The first-order chi connectivity index (χ1) is 10.6. The number of carbonyl (C=O) groups excluding carboxylic acids is 1. The minimum Gasteiger partial charge on any atom is -0.482 e. The summed E-state index contributed by atoms with van der Waals surface area (Å²) < 4.78 is 5.43. The summed E-state index contributed by atoms with van der Waals surface area (Å²) in [4.78, 5) is 11.9. The Hall–Kier alpha value is -2.51. The van der Waals surface area contributed by atoms with Gasteiger partial charge in [-0.3, -0.25) is 4.79 Å². The average Bonchev–Trinajstić information content (AvgIpc) is 2.50. The van der Waals surface area contributed by atoms with Gasteiger partial charge in [0.25, 0.3) is 5.91 Å². The molecule has 1 N–H and O–H groups in total. The number of aryl methyl sites for hydroxylation is 1. The lowest BCUT2D eigenvalue weighted by molar-refractivity contribution is -0.118. The minimum atomic E-state index is -0.273. The van der Waals surface area contributed by atoms with Crippen LogP contribution >= 0.6 is 11.6 Å². The van der Waals surface area contributed by atoms with Crippen LogP contribution in [0.25, 0.3) is 0 Å². The van der Waals surface area contributed by atoms with E-state index in [-0.39, 0.29) is 12.5 Å². The number of amides is 1. The van der Waals surface area contributed by atoms with Gasteiger partial charge in [0.1, 0.15) is 5.75 Å². The van der Waals surface area contributed by atoms with Gasteiger partial charge in [-0.15, -0.1) is 0 Å². The molecule has 0 unspecified atom stereocenters. The first-order valence-electron chi connectivity index (χ1n) is 6.73. The van der Waals surface area contributed by atoms with Gasteiger partial charge in [-0.1, -0.05) is 29.8 Å². The Kier molecular flexibility index (Phi) is 5.40. The molecule has 1 amide bonds. The molecule has 112 valence electrons. The average molecular weight is 315 g/mol. The third-order valence-corrected chi connectivity index (χ3v) is 3.28. The minimum absolute atomic E-state index is 0.122. The smallest absolute Gasteiger partial charge is 0.262 e. The van der Waals surface area contributed by atoms with Crippen LogP contribution in [0.15, 0.2) is 42.5 Å². The molecule has 0 bridgehead atoms. The van der Waals surface area contributed by atoms with Gasteiger partial charge in [0, 0.05) is 5.69 Å². The number of rotatable bonds is 5. The molecular weight excluding hydrogens is 300 g/mol. The Labute approximate surface area is 134 Å². The SMILES string of the molecule is Cc1ccc(Cl)c(OCC(=O)Nc2ccc(CC#N)cc2)c1. The number of hydrogen-bond acceptors (Lipinski definition) is 3. The summed E-state index contributed by atoms with van der Waals surface area (Å²) in [5.74, 6) is 0.215. The van der Waals surface area contributed by atoms with Gasteiger partial charge in [0.15, 0.2) is 6.61 Å². The fourth-order valence-electron chi connectivity index (χ4n) is 1.86. The lowest BCUT2D eigenvalue weighted by atomic mass is 10.1. The second kappa shape index (κ2) is 7.48. The Balaban J connectivity index is 1.90. The van der Waals surface area contributed by atoms with Crippen molar-refractivity contribution in [2.24, 2.45) is 0 Å². The summed E-state index contributed by atoms with van der Waals surface area (Å²) in [6.45, 7) is 1.80. The normalized spacial score (nSPS) is 9.86. The second-order valence-electron chi connectivity index (χ2n) is 4.80. The largest absolute Gasteiger partial charge is 0.482 e. The highest BCUT2D eigenvalue weighted by Gasteiger charge is 2.07. The van der Waals surface area contributed by atoms with Crippen molar-refractivity contribution in [3.05, 3.63) is 58.6 Å². The lowest BCUT2D eigenvalue weighted by Gasteiger charge is -2.09. The Bertz CT molecular complexity index is 706. The fraction of sp³-hybridized carbons (Fsp3) is 0.176. The lowest BCUT2D eigenvalue weighted by Crippen LogP contribution is -2.20. The Morgan fingerprint density at radius 2 is 2.00 bits per heavy atom. The van der Waals surface area contributed by atoms with Gasteiger partial charge < -0.3 is 10.1 Å². The molecule has 2 rings (SSSR count). The van der Waals surface area contributed by atoms with Crippen molar-refractivity contribution in [3.63, 3.8) is 0 Å². The number of nitriles is 1. The molecular formula is C17H15ClN2O2. The molecule has 0 aromatic heterocycles. The van der Waals surface area contributed by atoms with E-state index in [1.807, 2.05) is 13.0 Å². The van der Waals surface area contributed by atoms with Crippen LogP contribution in [-0.2, 0) is 11.2 Å². The molecule has 0 aliphatic heterocycles. The molecule has 2 aromatic carbocycles. The van der Waals surface area contributed by atoms with E-state index in [9.17, 15) is 4.79 Å². The van der Waals surface area contributed by atoms with Gasteiger partial charge in [-0.05, 0) is 42.3 Å². The molecule has 2 aromatic rings. The van der Waals surface area contributed by atoms with Crippen molar-refractivity contribution in [2.45, 2.75) is 13.3 Å². The predicted octanol–water partition coefficient (Wildman–Crippen LogP) is 3.73. The van der Waals surface area contributed by atoms with Gasteiger partial charge in [0.05, 0.1) is 17.5 Å². The van der Waals surface area contributed by atoms with Crippen molar-refractivity contribution in [3.8, 4) is 11.8 Å². The molecule has 0 aliphatic carbocycles. The molecule has 0 radical (unpaired) electrons. The summed E-state index contributed by atoms with van der Waals surface area (Å²) in [5.41, 5.74) is 2.57. The number of ether oxygens (including phenoxy) is 1. The van der Waals surface area contributed by atoms with Crippen molar-refractivity contribution < 1.29 is 9.53 Å². The summed E-state index contributed by atoms with van der Waals surface area (Å²) in [5, 5.41) is 11.8. The zero-order valence-corrected chi connectivity index (χ0v) is 12.9. The number of hydrogen-bond donors (Lipinski definition) is 1. The quantitative estimate of drug-likeness (QED) is 0.914. The van der Waals surface area contributed by atoms with Gasteiger partial charge in [-0.2, -0.15) is 5.26 Å². The third-order valence-electron chi connectivity index (χ3n) is 2.97. The zero-order chi connectivity index (χ0) is 15.9. The summed E-state index contributed by atoms with van der Waals surface area (Å²) in [6, 6.07) is 14.6. The van der Waals surface area contributed by atoms with Gasteiger partial charge in [0.2, 0.25) is 0 Å². The molecule has 0 saturated carbocycles.